The Labute approximate surface area is 185 Å². The van der Waals surface area contributed by atoms with Crippen LogP contribution in [0.3, 0.4) is 0 Å². The fourth-order valence-electron chi connectivity index (χ4n) is 2.44. The van der Waals surface area contributed by atoms with Gasteiger partial charge in [0.25, 0.3) is 12.0 Å². The molecular weight excluding hydrogens is 481 g/mol. The van der Waals surface area contributed by atoms with Crippen molar-refractivity contribution in [2.75, 3.05) is 13.4 Å². The van der Waals surface area contributed by atoms with Gasteiger partial charge in [0.1, 0.15) is 0 Å². The minimum atomic E-state index is -3.20. The number of hydrogen-bond donors (Lipinski definition) is 1. The predicted molar refractivity (Wildman–Crippen MR) is 109 cm³/mol. The van der Waals surface area contributed by atoms with E-state index in [4.69, 9.17) is 32.7 Å². The first kappa shape index (κ1) is 22.8. The molecular formula is C17H12Cl2F2N4O5S. The van der Waals surface area contributed by atoms with Crippen LogP contribution in [0.1, 0.15) is 12.1 Å². The van der Waals surface area contributed by atoms with E-state index in [0.717, 1.165) is 0 Å². The van der Waals surface area contributed by atoms with Crippen LogP contribution < -0.4 is 20.7 Å². The summed E-state index contributed by atoms with van der Waals surface area (Å²) in [5.41, 5.74) is -3.61. The van der Waals surface area contributed by atoms with Crippen LogP contribution in [0, 0.1) is 0 Å². The van der Waals surface area contributed by atoms with Gasteiger partial charge in [-0.1, -0.05) is 23.2 Å². The number of alkyl halides is 2. The minimum Gasteiger partial charge on any atom is -0.494 e. The quantitative estimate of drug-likeness (QED) is 0.561. The molecule has 1 unspecified atom stereocenters. The Balaban J connectivity index is 2.04. The molecule has 0 saturated heterocycles. The van der Waals surface area contributed by atoms with Crippen molar-refractivity contribution in [2.24, 2.45) is 0 Å². The van der Waals surface area contributed by atoms with E-state index in [1.54, 1.807) is 4.98 Å². The number of aromatic nitrogens is 4. The number of nitrogens with one attached hydrogen (secondary N) is 1. The van der Waals surface area contributed by atoms with Crippen molar-refractivity contribution in [2.45, 2.75) is 11.3 Å². The third-order valence-corrected chi connectivity index (χ3v) is 5.33. The van der Waals surface area contributed by atoms with Gasteiger partial charge >= 0.3 is 5.69 Å². The topological polar surface area (TPSA) is 116 Å². The molecule has 0 radical (unpaired) electrons. The molecule has 14 heteroatoms. The van der Waals surface area contributed by atoms with Crippen molar-refractivity contribution >= 4 is 34.0 Å². The number of rotatable bonds is 6. The molecule has 1 atom stereocenters. The maximum Gasteiger partial charge on any atom is 0.349 e. The number of hydrogen-bond acceptors (Lipinski definition) is 7. The molecule has 2 aromatic heterocycles. The smallest absolute Gasteiger partial charge is 0.349 e. The van der Waals surface area contributed by atoms with Crippen LogP contribution in [-0.4, -0.2) is 37.3 Å². The van der Waals surface area contributed by atoms with Crippen molar-refractivity contribution in [3.05, 3.63) is 61.0 Å². The standard InChI is InChI=1S/C17H12Cl2F2N4O5S/c1-29-10-6-22-12(5-11(10)31(2)28)30-14-8(18)3-7(4-9(14)19)25-17(27)23-16(26)13(24-25)15(20)21/h3-6,15H,1-2H3,(H,23,26,27). The number of aromatic amines is 1. The summed E-state index contributed by atoms with van der Waals surface area (Å²) in [7, 11) is -0.0109. The van der Waals surface area contributed by atoms with Gasteiger partial charge < -0.3 is 9.47 Å². The van der Waals surface area contributed by atoms with E-state index >= 15 is 0 Å². The molecule has 164 valence electrons. The van der Waals surface area contributed by atoms with Crippen LogP contribution in [0.4, 0.5) is 8.78 Å². The number of ether oxygens (including phenoxy) is 2. The van der Waals surface area contributed by atoms with E-state index in [9.17, 15) is 22.6 Å². The maximum atomic E-state index is 13.0. The summed E-state index contributed by atoms with van der Waals surface area (Å²) < 4.78 is 49.0. The Hall–Kier alpha value is -2.83. The van der Waals surface area contributed by atoms with E-state index in [2.05, 4.69) is 10.1 Å². The second-order valence-corrected chi connectivity index (χ2v) is 7.99. The monoisotopic (exact) mass is 492 g/mol. The number of methoxy groups -OCH3 is 1. The minimum absolute atomic E-state index is 0.00173. The zero-order valence-electron chi connectivity index (χ0n) is 15.7. The lowest BCUT2D eigenvalue weighted by atomic mass is 10.3. The summed E-state index contributed by atoms with van der Waals surface area (Å²) in [5, 5.41) is 3.15. The summed E-state index contributed by atoms with van der Waals surface area (Å²) >= 11 is 12.4. The first-order chi connectivity index (χ1) is 14.6. The number of nitrogens with zero attached hydrogens (tertiary/aromatic N) is 3. The van der Waals surface area contributed by atoms with Gasteiger partial charge in [-0.05, 0) is 12.1 Å². The van der Waals surface area contributed by atoms with Crippen molar-refractivity contribution in [3.63, 3.8) is 0 Å². The normalized spacial score (nSPS) is 12.1. The number of halogens is 4. The first-order valence-electron chi connectivity index (χ1n) is 8.18. The maximum absolute atomic E-state index is 13.0. The van der Waals surface area contributed by atoms with E-state index in [-0.39, 0.29) is 27.4 Å². The molecule has 0 saturated carbocycles. The summed E-state index contributed by atoms with van der Waals surface area (Å²) in [5.74, 6) is 0.227. The highest BCUT2D eigenvalue weighted by molar-refractivity contribution is 7.84. The third-order valence-electron chi connectivity index (χ3n) is 3.83. The van der Waals surface area contributed by atoms with Crippen molar-refractivity contribution < 1.29 is 22.5 Å². The lowest BCUT2D eigenvalue weighted by Gasteiger charge is -2.13. The van der Waals surface area contributed by atoms with Gasteiger partial charge in [-0.25, -0.2) is 18.6 Å². The summed E-state index contributed by atoms with van der Waals surface area (Å²) in [6.07, 6.45) is -0.458. The molecule has 3 rings (SSSR count). The fraction of sp³-hybridized carbons (Fsp3) is 0.176. The van der Waals surface area contributed by atoms with Gasteiger partial charge in [-0.15, -0.1) is 0 Å². The van der Waals surface area contributed by atoms with E-state index in [1.165, 1.54) is 37.8 Å². The highest BCUT2D eigenvalue weighted by atomic mass is 35.5. The van der Waals surface area contributed by atoms with Crippen LogP contribution in [0.5, 0.6) is 17.4 Å². The van der Waals surface area contributed by atoms with Crippen LogP contribution in [0.2, 0.25) is 10.0 Å². The van der Waals surface area contributed by atoms with E-state index in [1.807, 2.05) is 0 Å². The number of H-pyrrole nitrogens is 1. The van der Waals surface area contributed by atoms with Crippen molar-refractivity contribution in [1.82, 2.24) is 19.7 Å². The molecule has 0 aliphatic carbocycles. The summed E-state index contributed by atoms with van der Waals surface area (Å²) in [6, 6.07) is 3.72. The zero-order chi connectivity index (χ0) is 22.9. The molecule has 0 bridgehead atoms. The van der Waals surface area contributed by atoms with Gasteiger partial charge in [0.05, 0.1) is 44.7 Å². The average molecular weight is 493 g/mol. The Morgan fingerprint density at radius 3 is 2.39 bits per heavy atom. The second kappa shape index (κ2) is 9.12. The van der Waals surface area contributed by atoms with Gasteiger partial charge in [-0.3, -0.25) is 14.0 Å². The molecule has 9 nitrogen and oxygen atoms in total. The molecule has 1 aromatic carbocycles. The van der Waals surface area contributed by atoms with Crippen molar-refractivity contribution in [1.29, 1.82) is 0 Å². The molecule has 0 spiro atoms. The Kier molecular flexibility index (Phi) is 6.72. The molecule has 1 N–H and O–H groups in total. The second-order valence-electron chi connectivity index (χ2n) is 5.83. The van der Waals surface area contributed by atoms with Gasteiger partial charge in [0.15, 0.2) is 17.2 Å². The SMILES string of the molecule is COc1cnc(Oc2c(Cl)cc(-n3nc(C(F)F)c(=O)[nH]c3=O)cc2Cl)cc1S(C)=O. The van der Waals surface area contributed by atoms with Gasteiger partial charge in [-0.2, -0.15) is 9.78 Å². The number of pyridine rings is 1. The first-order valence-corrected chi connectivity index (χ1v) is 10.5. The molecule has 0 amide bonds. The highest BCUT2D eigenvalue weighted by Gasteiger charge is 2.20. The predicted octanol–water partition coefficient (Wildman–Crippen LogP) is 3.10. The van der Waals surface area contributed by atoms with Crippen LogP contribution in [0.15, 0.2) is 38.9 Å². The van der Waals surface area contributed by atoms with Crippen LogP contribution in [-0.2, 0) is 10.8 Å². The lowest BCUT2D eigenvalue weighted by molar-refractivity contribution is 0.141. The fourth-order valence-corrected chi connectivity index (χ4v) is 3.68. The van der Waals surface area contributed by atoms with Gasteiger partial charge in [0.2, 0.25) is 5.88 Å². The Bertz CT molecular complexity index is 1280. The molecule has 31 heavy (non-hydrogen) atoms. The summed E-state index contributed by atoms with van der Waals surface area (Å²) in [4.78, 5) is 29.5. The molecule has 0 aliphatic heterocycles. The number of benzene rings is 1. The molecule has 2 heterocycles. The van der Waals surface area contributed by atoms with Crippen LogP contribution >= 0.6 is 23.2 Å². The molecule has 3 aromatic rings. The van der Waals surface area contributed by atoms with Crippen LogP contribution in [0.25, 0.3) is 5.69 Å². The zero-order valence-corrected chi connectivity index (χ0v) is 18.0. The van der Waals surface area contributed by atoms with Crippen molar-refractivity contribution in [3.8, 4) is 23.1 Å². The Morgan fingerprint density at radius 1 is 1.19 bits per heavy atom. The van der Waals surface area contributed by atoms with E-state index < -0.39 is 34.2 Å². The third kappa shape index (κ3) is 4.75. The Morgan fingerprint density at radius 2 is 1.84 bits per heavy atom. The molecule has 0 aliphatic rings. The lowest BCUT2D eigenvalue weighted by Crippen LogP contribution is -2.34. The average Bonchev–Trinajstić information content (AvgIpc) is 2.70. The van der Waals surface area contributed by atoms with Gasteiger partial charge in [0, 0.05) is 12.3 Å². The summed E-state index contributed by atoms with van der Waals surface area (Å²) in [6.45, 7) is 0. The van der Waals surface area contributed by atoms with E-state index in [0.29, 0.717) is 15.3 Å². The largest absolute Gasteiger partial charge is 0.494 e. The molecule has 0 fully saturated rings. The highest BCUT2D eigenvalue weighted by Crippen LogP contribution is 2.38.